The Balaban J connectivity index is 1.27. The number of aromatic amines is 1. The van der Waals surface area contributed by atoms with Crippen molar-refractivity contribution in [3.63, 3.8) is 0 Å². The summed E-state index contributed by atoms with van der Waals surface area (Å²) in [4.78, 5) is 26.7. The van der Waals surface area contributed by atoms with Gasteiger partial charge in [-0.25, -0.2) is 4.98 Å². The topological polar surface area (TPSA) is 71.1 Å². The molecule has 5 rings (SSSR count). The Hall–Kier alpha value is -3.20. The molecule has 2 aliphatic rings. The Morgan fingerprint density at radius 1 is 1.19 bits per heavy atom. The number of H-pyrrole nitrogens is 1. The van der Waals surface area contributed by atoms with Crippen LogP contribution in [0.5, 0.6) is 5.75 Å². The summed E-state index contributed by atoms with van der Waals surface area (Å²) in [5.74, 6) is 0.958. The third kappa shape index (κ3) is 4.67. The molecule has 3 heterocycles. The number of nitrogens with zero attached hydrogens (tertiary/aromatic N) is 3. The number of pyridine rings is 1. The van der Waals surface area contributed by atoms with Gasteiger partial charge in [-0.1, -0.05) is 18.2 Å². The highest BCUT2D eigenvalue weighted by Crippen LogP contribution is 2.38. The second-order valence-electron chi connectivity index (χ2n) is 8.24. The summed E-state index contributed by atoms with van der Waals surface area (Å²) in [6.07, 6.45) is -0.107. The Kier molecular flexibility index (Phi) is 5.21. The van der Waals surface area contributed by atoms with Gasteiger partial charge in [0.15, 0.2) is 0 Å². The molecule has 0 amide bonds. The van der Waals surface area contributed by atoms with Crippen LogP contribution in [0.25, 0.3) is 11.3 Å². The summed E-state index contributed by atoms with van der Waals surface area (Å²) in [6, 6.07) is 9.42. The summed E-state index contributed by atoms with van der Waals surface area (Å²) >= 11 is 0. The van der Waals surface area contributed by atoms with Gasteiger partial charge in [0, 0.05) is 43.7 Å². The first-order valence-electron chi connectivity index (χ1n) is 10.5. The van der Waals surface area contributed by atoms with E-state index in [1.54, 1.807) is 18.3 Å². The second kappa shape index (κ2) is 8.05. The predicted molar refractivity (Wildman–Crippen MR) is 111 cm³/mol. The lowest BCUT2D eigenvalue weighted by atomic mass is 10.1. The third-order valence-corrected chi connectivity index (χ3v) is 5.72. The molecule has 0 unspecified atom stereocenters. The van der Waals surface area contributed by atoms with Crippen molar-refractivity contribution >= 4 is 0 Å². The number of aromatic nitrogens is 3. The van der Waals surface area contributed by atoms with Crippen LogP contribution in [-0.2, 0) is 19.5 Å². The molecule has 2 aromatic heterocycles. The zero-order valence-electron chi connectivity index (χ0n) is 17.2. The van der Waals surface area contributed by atoms with Gasteiger partial charge < -0.3 is 9.72 Å². The first kappa shape index (κ1) is 20.7. The molecule has 0 radical (unpaired) electrons. The number of halogens is 3. The molecule has 9 heteroatoms. The second-order valence-corrected chi connectivity index (χ2v) is 8.24. The largest absolute Gasteiger partial charge is 0.573 e. The lowest BCUT2D eigenvalue weighted by Crippen LogP contribution is -2.35. The molecule has 1 aromatic carbocycles. The van der Waals surface area contributed by atoms with Gasteiger partial charge in [-0.05, 0) is 36.6 Å². The van der Waals surface area contributed by atoms with Crippen molar-refractivity contribution in [1.29, 1.82) is 0 Å². The molecule has 1 N–H and O–H groups in total. The Bertz CT molecular complexity index is 1190. The van der Waals surface area contributed by atoms with Crippen LogP contribution >= 0.6 is 0 Å². The van der Waals surface area contributed by atoms with E-state index in [1.165, 1.54) is 18.2 Å². The molecule has 32 heavy (non-hydrogen) atoms. The molecule has 1 aliphatic carbocycles. The van der Waals surface area contributed by atoms with Gasteiger partial charge in [0.05, 0.1) is 17.0 Å². The summed E-state index contributed by atoms with van der Waals surface area (Å²) in [7, 11) is 0. The zero-order valence-corrected chi connectivity index (χ0v) is 17.2. The maximum absolute atomic E-state index is 12.5. The molecule has 0 atom stereocenters. The van der Waals surface area contributed by atoms with E-state index in [4.69, 9.17) is 0 Å². The van der Waals surface area contributed by atoms with Crippen molar-refractivity contribution in [1.82, 2.24) is 19.9 Å². The number of hydrogen-bond acceptors (Lipinski definition) is 5. The highest BCUT2D eigenvalue weighted by atomic mass is 19.4. The van der Waals surface area contributed by atoms with Crippen LogP contribution in [0.3, 0.4) is 0 Å². The third-order valence-electron chi connectivity index (χ3n) is 5.72. The molecule has 1 aliphatic heterocycles. The summed E-state index contributed by atoms with van der Waals surface area (Å²) in [6.45, 7) is 1.95. The molecule has 1 saturated carbocycles. The first-order chi connectivity index (χ1) is 15.3. The fraction of sp³-hybridized carbons (Fsp3) is 0.348. The summed E-state index contributed by atoms with van der Waals surface area (Å²) in [5, 5.41) is 0. The normalized spacial score (nSPS) is 16.6. The van der Waals surface area contributed by atoms with Crippen molar-refractivity contribution in [3.05, 3.63) is 75.6 Å². The predicted octanol–water partition coefficient (Wildman–Crippen LogP) is 4.17. The fourth-order valence-corrected chi connectivity index (χ4v) is 3.98. The minimum atomic E-state index is -4.74. The van der Waals surface area contributed by atoms with Gasteiger partial charge in [0.1, 0.15) is 11.6 Å². The van der Waals surface area contributed by atoms with Gasteiger partial charge in [-0.2, -0.15) is 0 Å². The minimum absolute atomic E-state index is 0.0453. The molecule has 1 fully saturated rings. The zero-order chi connectivity index (χ0) is 22.3. The summed E-state index contributed by atoms with van der Waals surface area (Å²) < 4.78 is 41.4. The van der Waals surface area contributed by atoms with Crippen LogP contribution < -0.4 is 10.3 Å². The van der Waals surface area contributed by atoms with Crippen LogP contribution in [0, 0.1) is 0 Å². The van der Waals surface area contributed by atoms with Gasteiger partial charge in [0.2, 0.25) is 0 Å². The lowest BCUT2D eigenvalue weighted by Gasteiger charge is -2.27. The molecular weight excluding hydrogens is 421 g/mol. The number of benzene rings is 1. The van der Waals surface area contributed by atoms with Gasteiger partial charge >= 0.3 is 6.36 Å². The van der Waals surface area contributed by atoms with Crippen molar-refractivity contribution in [3.8, 4) is 17.0 Å². The van der Waals surface area contributed by atoms with E-state index >= 15 is 0 Å². The molecule has 0 bridgehead atoms. The lowest BCUT2D eigenvalue weighted by molar-refractivity contribution is -0.274. The van der Waals surface area contributed by atoms with E-state index in [-0.39, 0.29) is 11.3 Å². The number of nitrogens with one attached hydrogen (secondary N) is 1. The average molecular weight is 442 g/mol. The SMILES string of the molecule is O=c1[nH]c(C2CC2)nc2c1CN(Cc1ccc(-c3cccc(OC(F)(F)F)c3)nc1)CC2. The van der Waals surface area contributed by atoms with Crippen LogP contribution in [0.1, 0.15) is 41.4 Å². The molecule has 3 aromatic rings. The minimum Gasteiger partial charge on any atom is -0.406 e. The number of fused-ring (bicyclic) bond motifs is 1. The maximum Gasteiger partial charge on any atom is 0.573 e. The van der Waals surface area contributed by atoms with E-state index in [1.807, 2.05) is 6.07 Å². The van der Waals surface area contributed by atoms with Crippen molar-refractivity contribution in [2.24, 2.45) is 0 Å². The van der Waals surface area contributed by atoms with E-state index < -0.39 is 6.36 Å². The first-order valence-corrected chi connectivity index (χ1v) is 10.5. The van der Waals surface area contributed by atoms with Crippen LogP contribution in [0.2, 0.25) is 0 Å². The molecule has 0 spiro atoms. The Morgan fingerprint density at radius 2 is 2.03 bits per heavy atom. The van der Waals surface area contributed by atoms with E-state index in [9.17, 15) is 18.0 Å². The molecular formula is C23H21F3N4O2. The maximum atomic E-state index is 12.5. The number of alkyl halides is 3. The van der Waals surface area contributed by atoms with Crippen LogP contribution in [-0.4, -0.2) is 32.8 Å². The van der Waals surface area contributed by atoms with Gasteiger partial charge in [-0.15, -0.1) is 13.2 Å². The van der Waals surface area contributed by atoms with E-state index in [0.29, 0.717) is 30.3 Å². The standard InChI is InChI=1S/C23H21F3N4O2/c24-23(25,26)32-17-3-1-2-16(10-17)19-7-4-14(11-27-19)12-30-9-8-20-18(13-30)22(31)29-21(28-20)15-5-6-15/h1-4,7,10-11,15H,5-6,8-9,12-13H2,(H,28,29,31). The van der Waals surface area contributed by atoms with Crippen molar-refractivity contribution < 1.29 is 17.9 Å². The number of ether oxygens (including phenoxy) is 1. The molecule has 6 nitrogen and oxygen atoms in total. The van der Waals surface area contributed by atoms with Gasteiger partial charge in [0.25, 0.3) is 5.56 Å². The van der Waals surface area contributed by atoms with Crippen LogP contribution in [0.15, 0.2) is 47.4 Å². The Morgan fingerprint density at radius 3 is 2.75 bits per heavy atom. The Labute approximate surface area is 182 Å². The quantitative estimate of drug-likeness (QED) is 0.642. The molecule has 166 valence electrons. The van der Waals surface area contributed by atoms with Crippen molar-refractivity contribution in [2.75, 3.05) is 6.54 Å². The average Bonchev–Trinajstić information content (AvgIpc) is 3.59. The monoisotopic (exact) mass is 442 g/mol. The number of rotatable bonds is 5. The highest BCUT2D eigenvalue weighted by Gasteiger charge is 2.31. The highest BCUT2D eigenvalue weighted by molar-refractivity contribution is 5.61. The van der Waals surface area contributed by atoms with Crippen molar-refractivity contribution in [2.45, 2.75) is 44.6 Å². The number of hydrogen-bond donors (Lipinski definition) is 1. The van der Waals surface area contributed by atoms with E-state index in [0.717, 1.165) is 48.5 Å². The molecule has 0 saturated heterocycles. The van der Waals surface area contributed by atoms with Crippen LogP contribution in [0.4, 0.5) is 13.2 Å². The van der Waals surface area contributed by atoms with E-state index in [2.05, 4.69) is 24.6 Å². The van der Waals surface area contributed by atoms with Gasteiger partial charge in [-0.3, -0.25) is 14.7 Å². The smallest absolute Gasteiger partial charge is 0.406 e. The summed E-state index contributed by atoms with van der Waals surface area (Å²) in [5.41, 5.74) is 3.64. The fourth-order valence-electron chi connectivity index (χ4n) is 3.98.